The van der Waals surface area contributed by atoms with E-state index in [9.17, 15) is 9.59 Å². The Kier molecular flexibility index (Phi) is 4.12. The van der Waals surface area contributed by atoms with Crippen LogP contribution in [-0.2, 0) is 9.59 Å². The number of amides is 2. The molecular weight excluding hydrogens is 192 g/mol. The maximum Gasteiger partial charge on any atom is 0.240 e. The van der Waals surface area contributed by atoms with Gasteiger partial charge in [0, 0.05) is 12.5 Å². The predicted octanol–water partition coefficient (Wildman–Crippen LogP) is 0.899. The fourth-order valence-electron chi connectivity index (χ4n) is 2.20. The molecule has 1 rings (SSSR count). The maximum atomic E-state index is 12.0. The average Bonchev–Trinajstić information content (AvgIpc) is 2.67. The van der Waals surface area contributed by atoms with E-state index in [-0.39, 0.29) is 23.8 Å². The van der Waals surface area contributed by atoms with Crippen LogP contribution in [0.2, 0.25) is 0 Å². The zero-order chi connectivity index (χ0) is 11.4. The highest BCUT2D eigenvalue weighted by Crippen LogP contribution is 2.21. The first-order chi connectivity index (χ1) is 7.11. The molecule has 0 bridgehead atoms. The monoisotopic (exact) mass is 212 g/mol. The Hall–Kier alpha value is -1.06. The molecule has 1 fully saturated rings. The Morgan fingerprint density at radius 3 is 2.47 bits per heavy atom. The summed E-state index contributed by atoms with van der Waals surface area (Å²) in [5, 5.41) is 0. The lowest BCUT2D eigenvalue weighted by Crippen LogP contribution is -2.45. The summed E-state index contributed by atoms with van der Waals surface area (Å²) in [6.45, 7) is 4.69. The molecule has 1 saturated heterocycles. The molecule has 1 atom stereocenters. The van der Waals surface area contributed by atoms with Crippen LogP contribution in [0, 0.1) is 5.92 Å². The molecule has 1 aliphatic rings. The van der Waals surface area contributed by atoms with Gasteiger partial charge in [0.25, 0.3) is 0 Å². The summed E-state index contributed by atoms with van der Waals surface area (Å²) < 4.78 is 0. The number of rotatable bonds is 4. The van der Waals surface area contributed by atoms with Crippen molar-refractivity contribution in [2.24, 2.45) is 11.7 Å². The second kappa shape index (κ2) is 5.14. The minimum absolute atomic E-state index is 0.0462. The van der Waals surface area contributed by atoms with Crippen LogP contribution in [0.4, 0.5) is 0 Å². The highest BCUT2D eigenvalue weighted by molar-refractivity contribution is 5.88. The third-order valence-corrected chi connectivity index (χ3v) is 3.20. The van der Waals surface area contributed by atoms with Crippen molar-refractivity contribution in [3.05, 3.63) is 0 Å². The van der Waals surface area contributed by atoms with Gasteiger partial charge in [-0.2, -0.15) is 0 Å². The maximum absolute atomic E-state index is 12.0. The number of carbonyl (C=O) groups excluding carboxylic acids is 2. The second-order valence-corrected chi connectivity index (χ2v) is 4.11. The molecule has 15 heavy (non-hydrogen) atoms. The number of likely N-dealkylation sites (tertiary alicyclic amines) is 1. The van der Waals surface area contributed by atoms with Gasteiger partial charge < -0.3 is 10.6 Å². The molecule has 86 valence electrons. The first kappa shape index (κ1) is 12.0. The Morgan fingerprint density at radius 1 is 1.40 bits per heavy atom. The summed E-state index contributed by atoms with van der Waals surface area (Å²) in [5.74, 6) is -0.224. The summed E-state index contributed by atoms with van der Waals surface area (Å²) in [6, 6.07) is -0.363. The third-order valence-electron chi connectivity index (χ3n) is 3.20. The molecule has 1 heterocycles. The van der Waals surface area contributed by atoms with Gasteiger partial charge in [-0.1, -0.05) is 13.8 Å². The van der Waals surface area contributed by atoms with E-state index in [1.54, 1.807) is 4.90 Å². The van der Waals surface area contributed by atoms with Gasteiger partial charge in [-0.15, -0.1) is 0 Å². The zero-order valence-corrected chi connectivity index (χ0v) is 9.53. The Bertz CT molecular complexity index is 249. The van der Waals surface area contributed by atoms with Crippen molar-refractivity contribution in [3.63, 3.8) is 0 Å². The van der Waals surface area contributed by atoms with Gasteiger partial charge in [-0.3, -0.25) is 9.59 Å². The normalized spacial score (nSPS) is 21.0. The van der Waals surface area contributed by atoms with E-state index in [1.165, 1.54) is 0 Å². The summed E-state index contributed by atoms with van der Waals surface area (Å²) in [7, 11) is 0. The summed E-state index contributed by atoms with van der Waals surface area (Å²) >= 11 is 0. The van der Waals surface area contributed by atoms with Gasteiger partial charge >= 0.3 is 0 Å². The number of nitrogens with zero attached hydrogens (tertiary/aromatic N) is 1. The van der Waals surface area contributed by atoms with Gasteiger partial charge in [0.2, 0.25) is 11.8 Å². The molecule has 2 amide bonds. The van der Waals surface area contributed by atoms with E-state index in [4.69, 9.17) is 5.73 Å². The van der Waals surface area contributed by atoms with Crippen LogP contribution >= 0.6 is 0 Å². The standard InChI is InChI=1S/C11H20N2O2/c1-3-8(4-2)11(15)13-7-5-6-9(13)10(12)14/h8-9H,3-7H2,1-2H3,(H2,12,14)/t9-/m0/s1. The number of hydrogen-bond acceptors (Lipinski definition) is 2. The van der Waals surface area contributed by atoms with Crippen LogP contribution in [-0.4, -0.2) is 29.3 Å². The van der Waals surface area contributed by atoms with Crippen LogP contribution in [0.5, 0.6) is 0 Å². The average molecular weight is 212 g/mol. The van der Waals surface area contributed by atoms with Crippen LogP contribution in [0.3, 0.4) is 0 Å². The predicted molar refractivity (Wildman–Crippen MR) is 58.0 cm³/mol. The van der Waals surface area contributed by atoms with E-state index in [2.05, 4.69) is 0 Å². The number of nitrogens with two attached hydrogens (primary N) is 1. The molecule has 4 nitrogen and oxygen atoms in total. The van der Waals surface area contributed by atoms with Crippen LogP contribution in [0.1, 0.15) is 39.5 Å². The summed E-state index contributed by atoms with van der Waals surface area (Å²) in [4.78, 5) is 24.9. The molecule has 0 saturated carbocycles. The number of carbonyl (C=O) groups is 2. The van der Waals surface area contributed by atoms with E-state index in [0.717, 1.165) is 25.7 Å². The van der Waals surface area contributed by atoms with Crippen molar-refractivity contribution in [1.82, 2.24) is 4.90 Å². The highest BCUT2D eigenvalue weighted by atomic mass is 16.2. The smallest absolute Gasteiger partial charge is 0.240 e. The lowest BCUT2D eigenvalue weighted by Gasteiger charge is -2.26. The van der Waals surface area contributed by atoms with Gasteiger partial charge in [-0.25, -0.2) is 0 Å². The summed E-state index contributed by atoms with van der Waals surface area (Å²) in [5.41, 5.74) is 5.28. The Balaban J connectivity index is 2.69. The molecule has 0 aliphatic carbocycles. The van der Waals surface area contributed by atoms with E-state index in [1.807, 2.05) is 13.8 Å². The number of primary amides is 1. The highest BCUT2D eigenvalue weighted by Gasteiger charge is 2.34. The molecule has 0 radical (unpaired) electrons. The lowest BCUT2D eigenvalue weighted by atomic mass is 10.0. The number of hydrogen-bond donors (Lipinski definition) is 1. The van der Waals surface area contributed by atoms with Gasteiger partial charge in [0.05, 0.1) is 0 Å². The topological polar surface area (TPSA) is 63.4 Å². The Labute approximate surface area is 90.8 Å². The van der Waals surface area contributed by atoms with Crippen molar-refractivity contribution in [2.75, 3.05) is 6.54 Å². The largest absolute Gasteiger partial charge is 0.368 e. The van der Waals surface area contributed by atoms with Gasteiger partial charge in [0.1, 0.15) is 6.04 Å². The molecule has 0 spiro atoms. The van der Waals surface area contributed by atoms with Crippen molar-refractivity contribution in [1.29, 1.82) is 0 Å². The van der Waals surface area contributed by atoms with E-state index in [0.29, 0.717) is 6.54 Å². The van der Waals surface area contributed by atoms with E-state index >= 15 is 0 Å². The van der Waals surface area contributed by atoms with Crippen LogP contribution < -0.4 is 5.73 Å². The molecule has 0 aromatic carbocycles. The molecule has 0 aromatic heterocycles. The SMILES string of the molecule is CCC(CC)C(=O)N1CCC[C@H]1C(N)=O. The first-order valence-electron chi connectivity index (χ1n) is 5.71. The molecule has 2 N–H and O–H groups in total. The third kappa shape index (κ3) is 2.49. The van der Waals surface area contributed by atoms with Gasteiger partial charge in [-0.05, 0) is 25.7 Å². The molecule has 0 aromatic rings. The fraction of sp³-hybridized carbons (Fsp3) is 0.818. The zero-order valence-electron chi connectivity index (χ0n) is 9.53. The molecule has 4 heteroatoms. The minimum atomic E-state index is -0.369. The quantitative estimate of drug-likeness (QED) is 0.752. The minimum Gasteiger partial charge on any atom is -0.368 e. The van der Waals surface area contributed by atoms with Crippen molar-refractivity contribution in [2.45, 2.75) is 45.6 Å². The van der Waals surface area contributed by atoms with Crippen molar-refractivity contribution < 1.29 is 9.59 Å². The second-order valence-electron chi connectivity index (χ2n) is 4.11. The van der Waals surface area contributed by atoms with Gasteiger partial charge in [0.15, 0.2) is 0 Å². The first-order valence-corrected chi connectivity index (χ1v) is 5.71. The Morgan fingerprint density at radius 2 is 2.00 bits per heavy atom. The van der Waals surface area contributed by atoms with Crippen molar-refractivity contribution in [3.8, 4) is 0 Å². The fourth-order valence-corrected chi connectivity index (χ4v) is 2.20. The van der Waals surface area contributed by atoms with Crippen LogP contribution in [0.25, 0.3) is 0 Å². The lowest BCUT2D eigenvalue weighted by molar-refractivity contribution is -0.140. The van der Waals surface area contributed by atoms with Crippen molar-refractivity contribution >= 4 is 11.8 Å². The molecule has 0 unspecified atom stereocenters. The van der Waals surface area contributed by atoms with Crippen LogP contribution in [0.15, 0.2) is 0 Å². The molecule has 1 aliphatic heterocycles. The van der Waals surface area contributed by atoms with E-state index < -0.39 is 0 Å². The molecular formula is C11H20N2O2. The summed E-state index contributed by atoms with van der Waals surface area (Å²) in [6.07, 6.45) is 3.27.